The number of hydrogen-bond donors (Lipinski definition) is 0. The van der Waals surface area contributed by atoms with Gasteiger partial charge in [-0.1, -0.05) is 12.1 Å². The van der Waals surface area contributed by atoms with Gasteiger partial charge in [0.1, 0.15) is 18.1 Å². The third kappa shape index (κ3) is 2.91. The minimum absolute atomic E-state index is 0.0786. The summed E-state index contributed by atoms with van der Waals surface area (Å²) in [5, 5.41) is 0. The average Bonchev–Trinajstić information content (AvgIpc) is 2.53. The van der Waals surface area contributed by atoms with E-state index in [4.69, 9.17) is 4.74 Å². The number of halogens is 3. The lowest BCUT2D eigenvalue weighted by molar-refractivity contribution is -0.145. The zero-order valence-corrected chi connectivity index (χ0v) is 13.0. The molecule has 1 aliphatic heterocycles. The number of rotatable bonds is 1. The second-order valence-electron chi connectivity index (χ2n) is 5.52. The fraction of sp³-hybridized carbons (Fsp3) is 0.312. The average molecular weight is 337 g/mol. The molecule has 1 unspecified atom stereocenters. The molecule has 24 heavy (non-hydrogen) atoms. The molecule has 2 heterocycles. The number of benzene rings is 1. The van der Waals surface area contributed by atoms with Gasteiger partial charge >= 0.3 is 6.18 Å². The predicted molar refractivity (Wildman–Crippen MR) is 80.0 cm³/mol. The predicted octanol–water partition coefficient (Wildman–Crippen LogP) is 3.23. The fourth-order valence-corrected chi connectivity index (χ4v) is 2.54. The van der Waals surface area contributed by atoms with Crippen molar-refractivity contribution in [3.63, 3.8) is 0 Å². The first-order chi connectivity index (χ1) is 11.3. The van der Waals surface area contributed by atoms with Crippen molar-refractivity contribution in [2.24, 2.45) is 0 Å². The van der Waals surface area contributed by atoms with Gasteiger partial charge in [-0.05, 0) is 32.0 Å². The highest BCUT2D eigenvalue weighted by atomic mass is 19.4. The van der Waals surface area contributed by atoms with Gasteiger partial charge < -0.3 is 4.74 Å². The molecule has 0 fully saturated rings. The molecule has 1 aromatic carbocycles. The topological polar surface area (TPSA) is 55.3 Å². The van der Waals surface area contributed by atoms with E-state index in [1.807, 2.05) is 0 Å². The number of amides is 1. The number of aromatic nitrogens is 2. The number of hydrogen-bond acceptors (Lipinski definition) is 4. The summed E-state index contributed by atoms with van der Waals surface area (Å²) in [4.78, 5) is 21.0. The van der Waals surface area contributed by atoms with Crippen molar-refractivity contribution >= 4 is 11.6 Å². The van der Waals surface area contributed by atoms with Crippen LogP contribution in [0.4, 0.5) is 18.9 Å². The van der Waals surface area contributed by atoms with Gasteiger partial charge in [-0.3, -0.25) is 9.69 Å². The largest absolute Gasteiger partial charge is 0.489 e. The fourth-order valence-electron chi connectivity index (χ4n) is 2.54. The molecule has 0 saturated heterocycles. The molecule has 0 saturated carbocycles. The molecular formula is C16H14F3N3O2. The monoisotopic (exact) mass is 337 g/mol. The van der Waals surface area contributed by atoms with E-state index in [0.29, 0.717) is 11.4 Å². The van der Waals surface area contributed by atoms with Crippen molar-refractivity contribution in [3.8, 4) is 5.75 Å². The number of carbonyl (C=O) groups excluding carboxylic acids is 1. The molecule has 1 atom stereocenters. The van der Waals surface area contributed by atoms with Crippen LogP contribution in [0.25, 0.3) is 0 Å². The molecule has 126 valence electrons. The van der Waals surface area contributed by atoms with E-state index in [2.05, 4.69) is 9.97 Å². The standard InChI is InChI=1S/C16H14F3N3O2/c1-9-7-11(21-15(20-9)16(17,18)19)14(23)22-10(2)8-24-13-6-4-3-5-12(13)22/h3-7,10H,8H2,1-2H3. The quantitative estimate of drug-likeness (QED) is 0.802. The molecule has 0 aliphatic carbocycles. The van der Waals surface area contributed by atoms with Crippen molar-refractivity contribution in [2.45, 2.75) is 26.1 Å². The van der Waals surface area contributed by atoms with Crippen LogP contribution in [-0.2, 0) is 6.18 Å². The molecule has 1 amide bonds. The first-order valence-electron chi connectivity index (χ1n) is 7.25. The molecule has 2 aromatic rings. The summed E-state index contributed by atoms with van der Waals surface area (Å²) in [7, 11) is 0. The maximum absolute atomic E-state index is 12.9. The maximum atomic E-state index is 12.9. The van der Waals surface area contributed by atoms with Crippen LogP contribution in [0, 0.1) is 6.92 Å². The second kappa shape index (κ2) is 5.77. The van der Waals surface area contributed by atoms with E-state index in [1.54, 1.807) is 31.2 Å². The molecule has 1 aliphatic rings. The number of para-hydroxylation sites is 2. The molecule has 0 spiro atoms. The van der Waals surface area contributed by atoms with Gasteiger partial charge in [0.2, 0.25) is 5.82 Å². The number of alkyl halides is 3. The minimum Gasteiger partial charge on any atom is -0.489 e. The van der Waals surface area contributed by atoms with Gasteiger partial charge in [0.15, 0.2) is 0 Å². The first kappa shape index (κ1) is 16.2. The van der Waals surface area contributed by atoms with Crippen LogP contribution in [0.2, 0.25) is 0 Å². The lowest BCUT2D eigenvalue weighted by Gasteiger charge is -2.34. The summed E-state index contributed by atoms with van der Waals surface area (Å²) < 4.78 is 44.2. The number of aryl methyl sites for hydroxylation is 1. The van der Waals surface area contributed by atoms with Crippen LogP contribution in [0.15, 0.2) is 30.3 Å². The molecule has 0 N–H and O–H groups in total. The van der Waals surface area contributed by atoms with Crippen LogP contribution < -0.4 is 9.64 Å². The zero-order valence-electron chi connectivity index (χ0n) is 13.0. The van der Waals surface area contributed by atoms with Crippen LogP contribution in [0.1, 0.15) is 28.9 Å². The van der Waals surface area contributed by atoms with Crippen molar-refractivity contribution in [1.29, 1.82) is 0 Å². The Balaban J connectivity index is 2.05. The Morgan fingerprint density at radius 2 is 2.00 bits per heavy atom. The number of ether oxygens (including phenoxy) is 1. The third-order valence-corrected chi connectivity index (χ3v) is 3.59. The second-order valence-corrected chi connectivity index (χ2v) is 5.52. The van der Waals surface area contributed by atoms with Crippen LogP contribution in [0.3, 0.4) is 0 Å². The van der Waals surface area contributed by atoms with E-state index in [9.17, 15) is 18.0 Å². The highest BCUT2D eigenvalue weighted by Crippen LogP contribution is 2.34. The summed E-state index contributed by atoms with van der Waals surface area (Å²) in [5.74, 6) is -1.43. The summed E-state index contributed by atoms with van der Waals surface area (Å²) in [6, 6.07) is 7.79. The van der Waals surface area contributed by atoms with Crippen molar-refractivity contribution < 1.29 is 22.7 Å². The molecule has 8 heteroatoms. The SMILES string of the molecule is Cc1cc(C(=O)N2c3ccccc3OCC2C)nc(C(F)(F)F)n1. The molecule has 5 nitrogen and oxygen atoms in total. The number of nitrogens with zero attached hydrogens (tertiary/aromatic N) is 3. The van der Waals surface area contributed by atoms with Crippen molar-refractivity contribution in [1.82, 2.24) is 9.97 Å². The van der Waals surface area contributed by atoms with E-state index in [0.717, 1.165) is 0 Å². The summed E-state index contributed by atoms with van der Waals surface area (Å²) in [5.41, 5.74) is 0.291. The minimum atomic E-state index is -4.71. The molecular weight excluding hydrogens is 323 g/mol. The third-order valence-electron chi connectivity index (χ3n) is 3.59. The Kier molecular flexibility index (Phi) is 3.90. The highest BCUT2D eigenvalue weighted by molar-refractivity contribution is 6.06. The van der Waals surface area contributed by atoms with Gasteiger partial charge in [-0.2, -0.15) is 13.2 Å². The van der Waals surface area contributed by atoms with Crippen LogP contribution in [0.5, 0.6) is 5.75 Å². The van der Waals surface area contributed by atoms with Crippen molar-refractivity contribution in [3.05, 3.63) is 47.5 Å². The summed E-state index contributed by atoms with van der Waals surface area (Å²) in [6.07, 6.45) is -4.71. The van der Waals surface area contributed by atoms with E-state index < -0.39 is 17.9 Å². The highest BCUT2D eigenvalue weighted by Gasteiger charge is 2.37. The van der Waals surface area contributed by atoms with E-state index in [1.165, 1.54) is 17.9 Å². The number of carbonyl (C=O) groups is 1. The van der Waals surface area contributed by atoms with Gasteiger partial charge in [-0.15, -0.1) is 0 Å². The van der Waals surface area contributed by atoms with E-state index in [-0.39, 0.29) is 24.0 Å². The van der Waals surface area contributed by atoms with Gasteiger partial charge in [0.05, 0.1) is 11.7 Å². The zero-order chi connectivity index (χ0) is 17.5. The molecule has 3 rings (SSSR count). The molecule has 1 aromatic heterocycles. The Labute approximate surface area is 136 Å². The molecule has 0 bridgehead atoms. The normalized spacial score (nSPS) is 17.2. The van der Waals surface area contributed by atoms with Crippen LogP contribution in [-0.4, -0.2) is 28.5 Å². The maximum Gasteiger partial charge on any atom is 0.451 e. The van der Waals surface area contributed by atoms with Gasteiger partial charge in [-0.25, -0.2) is 9.97 Å². The smallest absolute Gasteiger partial charge is 0.451 e. The number of anilines is 1. The Morgan fingerprint density at radius 1 is 1.29 bits per heavy atom. The van der Waals surface area contributed by atoms with Crippen LogP contribution >= 0.6 is 0 Å². The Hall–Kier alpha value is -2.64. The summed E-state index contributed by atoms with van der Waals surface area (Å²) in [6.45, 7) is 3.40. The Bertz CT molecular complexity index is 792. The molecule has 0 radical (unpaired) electrons. The lowest BCUT2D eigenvalue weighted by Crippen LogP contribution is -2.45. The lowest BCUT2D eigenvalue weighted by atomic mass is 10.1. The Morgan fingerprint density at radius 3 is 2.71 bits per heavy atom. The first-order valence-corrected chi connectivity index (χ1v) is 7.25. The van der Waals surface area contributed by atoms with Crippen molar-refractivity contribution in [2.75, 3.05) is 11.5 Å². The number of fused-ring (bicyclic) bond motifs is 1. The van der Waals surface area contributed by atoms with Gasteiger partial charge in [0, 0.05) is 5.69 Å². The van der Waals surface area contributed by atoms with Gasteiger partial charge in [0.25, 0.3) is 5.91 Å². The summed E-state index contributed by atoms with van der Waals surface area (Å²) >= 11 is 0. The van der Waals surface area contributed by atoms with E-state index >= 15 is 0 Å².